The fraction of sp³-hybridized carbons (Fsp3) is 0.294. The zero-order valence-corrected chi connectivity index (χ0v) is 12.7. The van der Waals surface area contributed by atoms with Gasteiger partial charge in [-0.15, -0.1) is 0 Å². The summed E-state index contributed by atoms with van der Waals surface area (Å²) in [4.78, 5) is 18.5. The van der Waals surface area contributed by atoms with Crippen molar-refractivity contribution in [2.45, 2.75) is 19.3 Å². The number of amides is 1. The summed E-state index contributed by atoms with van der Waals surface area (Å²) in [6.07, 6.45) is 2.89. The number of pyridine rings is 1. The Hall–Kier alpha value is -2.24. The smallest absolute Gasteiger partial charge is 0.337 e. The molecule has 0 unspecified atom stereocenters. The summed E-state index contributed by atoms with van der Waals surface area (Å²) in [5.41, 5.74) is 0.930. The molecule has 2 heterocycles. The fourth-order valence-electron chi connectivity index (χ4n) is 2.83. The SMILES string of the molecule is O=C(c1nc(-c2ccccc2)ccc1B(F)F)N1CCCCC1. The van der Waals surface area contributed by atoms with Crippen LogP contribution in [0.15, 0.2) is 42.5 Å². The van der Waals surface area contributed by atoms with Gasteiger partial charge in [-0.3, -0.25) is 13.4 Å². The predicted octanol–water partition coefficient (Wildman–Crippen LogP) is 3.01. The van der Waals surface area contributed by atoms with Crippen molar-refractivity contribution < 1.29 is 13.4 Å². The van der Waals surface area contributed by atoms with Gasteiger partial charge in [0.25, 0.3) is 5.91 Å². The lowest BCUT2D eigenvalue weighted by Crippen LogP contribution is -2.40. The molecule has 1 aromatic carbocycles. The van der Waals surface area contributed by atoms with E-state index in [1.807, 2.05) is 30.3 Å². The highest BCUT2D eigenvalue weighted by atomic mass is 19.2. The van der Waals surface area contributed by atoms with E-state index >= 15 is 0 Å². The summed E-state index contributed by atoms with van der Waals surface area (Å²) < 4.78 is 26.6. The van der Waals surface area contributed by atoms with Crippen LogP contribution in [0.25, 0.3) is 11.3 Å². The number of carbonyl (C=O) groups is 1. The van der Waals surface area contributed by atoms with E-state index < -0.39 is 13.2 Å². The van der Waals surface area contributed by atoms with Gasteiger partial charge in [0.15, 0.2) is 0 Å². The average molecular weight is 314 g/mol. The molecular weight excluding hydrogens is 297 g/mol. The lowest BCUT2D eigenvalue weighted by atomic mass is 9.83. The first kappa shape index (κ1) is 15.7. The van der Waals surface area contributed by atoms with Gasteiger partial charge in [-0.05, 0) is 25.3 Å². The molecule has 3 rings (SSSR count). The highest BCUT2D eigenvalue weighted by Crippen LogP contribution is 2.18. The van der Waals surface area contributed by atoms with Crippen LogP contribution in [-0.4, -0.2) is 36.1 Å². The molecule has 1 amide bonds. The summed E-state index contributed by atoms with van der Waals surface area (Å²) in [6.45, 7) is 1.22. The Balaban J connectivity index is 2.00. The number of likely N-dealkylation sites (tertiary alicyclic amines) is 1. The summed E-state index contributed by atoms with van der Waals surface area (Å²) >= 11 is 0. The minimum atomic E-state index is -2.71. The topological polar surface area (TPSA) is 33.2 Å². The molecule has 1 saturated heterocycles. The van der Waals surface area contributed by atoms with Crippen molar-refractivity contribution in [3.63, 3.8) is 0 Å². The van der Waals surface area contributed by atoms with Gasteiger partial charge in [-0.2, -0.15) is 0 Å². The Bertz CT molecular complexity index is 688. The van der Waals surface area contributed by atoms with E-state index in [1.54, 1.807) is 11.0 Å². The molecule has 1 aromatic heterocycles. The Kier molecular flexibility index (Phi) is 4.69. The molecule has 0 spiro atoms. The quantitative estimate of drug-likeness (QED) is 0.816. The van der Waals surface area contributed by atoms with Gasteiger partial charge in [0.1, 0.15) is 5.69 Å². The Morgan fingerprint density at radius 2 is 1.70 bits per heavy atom. The number of rotatable bonds is 3. The van der Waals surface area contributed by atoms with Crippen molar-refractivity contribution in [3.05, 3.63) is 48.2 Å². The number of halogens is 2. The number of benzene rings is 1. The van der Waals surface area contributed by atoms with Gasteiger partial charge in [-0.25, -0.2) is 4.98 Å². The zero-order valence-electron chi connectivity index (χ0n) is 12.7. The van der Waals surface area contributed by atoms with E-state index in [0.717, 1.165) is 24.8 Å². The Morgan fingerprint density at radius 3 is 2.35 bits per heavy atom. The maximum Gasteiger partial charge on any atom is 0.574 e. The van der Waals surface area contributed by atoms with Gasteiger partial charge in [-0.1, -0.05) is 36.4 Å². The zero-order chi connectivity index (χ0) is 16.2. The van der Waals surface area contributed by atoms with Crippen LogP contribution in [-0.2, 0) is 0 Å². The van der Waals surface area contributed by atoms with Crippen LogP contribution in [0.4, 0.5) is 8.63 Å². The van der Waals surface area contributed by atoms with Crippen LogP contribution in [0, 0.1) is 0 Å². The number of piperidine rings is 1. The number of nitrogens with zero attached hydrogens (tertiary/aromatic N) is 2. The van der Waals surface area contributed by atoms with Crippen LogP contribution in [0.2, 0.25) is 0 Å². The normalized spacial score (nSPS) is 14.6. The maximum atomic E-state index is 13.3. The minimum Gasteiger partial charge on any atom is -0.337 e. The molecule has 118 valence electrons. The molecule has 6 heteroatoms. The third kappa shape index (κ3) is 3.41. The second-order valence-corrected chi connectivity index (χ2v) is 5.65. The van der Waals surface area contributed by atoms with E-state index in [-0.39, 0.29) is 11.2 Å². The summed E-state index contributed by atoms with van der Waals surface area (Å²) in [5.74, 6) is -0.391. The molecule has 0 radical (unpaired) electrons. The van der Waals surface area contributed by atoms with Crippen LogP contribution in [0.5, 0.6) is 0 Å². The van der Waals surface area contributed by atoms with Crippen molar-refractivity contribution in [1.29, 1.82) is 0 Å². The van der Waals surface area contributed by atoms with Crippen molar-refractivity contribution in [1.82, 2.24) is 9.88 Å². The summed E-state index contributed by atoms with van der Waals surface area (Å²) in [6, 6.07) is 12.1. The average Bonchev–Trinajstić information content (AvgIpc) is 2.62. The van der Waals surface area contributed by atoms with Crippen LogP contribution in [0.1, 0.15) is 29.8 Å². The monoisotopic (exact) mass is 314 g/mol. The molecule has 0 bridgehead atoms. The van der Waals surface area contributed by atoms with Gasteiger partial charge in [0.2, 0.25) is 0 Å². The molecule has 2 aromatic rings. The molecule has 0 atom stereocenters. The molecule has 0 saturated carbocycles. The van der Waals surface area contributed by atoms with E-state index in [9.17, 15) is 13.4 Å². The third-order valence-electron chi connectivity index (χ3n) is 4.08. The van der Waals surface area contributed by atoms with E-state index in [0.29, 0.717) is 18.8 Å². The largest absolute Gasteiger partial charge is 0.574 e. The van der Waals surface area contributed by atoms with Crippen LogP contribution < -0.4 is 5.46 Å². The third-order valence-corrected chi connectivity index (χ3v) is 4.08. The molecule has 0 N–H and O–H groups in total. The molecule has 3 nitrogen and oxygen atoms in total. The fourth-order valence-corrected chi connectivity index (χ4v) is 2.83. The Labute approximate surface area is 134 Å². The lowest BCUT2D eigenvalue weighted by Gasteiger charge is -2.27. The highest BCUT2D eigenvalue weighted by Gasteiger charge is 2.29. The summed E-state index contributed by atoms with van der Waals surface area (Å²) in [5, 5.41) is 0. The predicted molar refractivity (Wildman–Crippen MR) is 87.0 cm³/mol. The van der Waals surface area contributed by atoms with Gasteiger partial charge < -0.3 is 4.90 Å². The van der Waals surface area contributed by atoms with E-state index in [4.69, 9.17) is 0 Å². The standard InChI is InChI=1S/C17H17BF2N2O/c19-18(20)14-9-10-15(13-7-3-1-4-8-13)21-16(14)17(23)22-11-5-2-6-12-22/h1,3-4,7-10H,2,5-6,11-12H2. The highest BCUT2D eigenvalue weighted by molar-refractivity contribution is 6.61. The van der Waals surface area contributed by atoms with Gasteiger partial charge in [0, 0.05) is 24.1 Å². The number of carbonyl (C=O) groups excluding carboxylic acids is 1. The number of hydrogen-bond donors (Lipinski definition) is 0. The second-order valence-electron chi connectivity index (χ2n) is 5.65. The first-order valence-electron chi connectivity index (χ1n) is 7.80. The molecule has 0 aliphatic carbocycles. The molecular formula is C17H17BF2N2O. The summed E-state index contributed by atoms with van der Waals surface area (Å²) in [7, 11) is -2.71. The second kappa shape index (κ2) is 6.90. The Morgan fingerprint density at radius 1 is 1.00 bits per heavy atom. The van der Waals surface area contributed by atoms with Crippen molar-refractivity contribution in [2.24, 2.45) is 0 Å². The number of hydrogen-bond acceptors (Lipinski definition) is 2. The van der Waals surface area contributed by atoms with Gasteiger partial charge >= 0.3 is 7.27 Å². The van der Waals surface area contributed by atoms with E-state index in [2.05, 4.69) is 4.98 Å². The van der Waals surface area contributed by atoms with Crippen molar-refractivity contribution >= 4 is 18.6 Å². The molecule has 1 aliphatic rings. The maximum absolute atomic E-state index is 13.3. The van der Waals surface area contributed by atoms with Crippen LogP contribution in [0.3, 0.4) is 0 Å². The van der Waals surface area contributed by atoms with Crippen molar-refractivity contribution in [3.8, 4) is 11.3 Å². The number of aromatic nitrogens is 1. The molecule has 1 aliphatic heterocycles. The van der Waals surface area contributed by atoms with Gasteiger partial charge in [0.05, 0.1) is 5.69 Å². The molecule has 1 fully saturated rings. The molecule has 23 heavy (non-hydrogen) atoms. The van der Waals surface area contributed by atoms with E-state index in [1.165, 1.54) is 6.07 Å². The van der Waals surface area contributed by atoms with Crippen LogP contribution >= 0.6 is 0 Å². The minimum absolute atomic E-state index is 0.122. The van der Waals surface area contributed by atoms with Crippen molar-refractivity contribution in [2.75, 3.05) is 13.1 Å². The first-order chi connectivity index (χ1) is 11.2. The lowest BCUT2D eigenvalue weighted by molar-refractivity contribution is 0.0719. The first-order valence-corrected chi connectivity index (χ1v) is 7.80.